The highest BCUT2D eigenvalue weighted by molar-refractivity contribution is 5.88. The molecule has 1 atom stereocenters. The van der Waals surface area contributed by atoms with Crippen LogP contribution in [0.2, 0.25) is 0 Å². The topological polar surface area (TPSA) is 48.1 Å². The first-order valence-corrected chi connectivity index (χ1v) is 5.33. The maximum absolute atomic E-state index is 5.94. The monoisotopic (exact) mass is 216 g/mol. The van der Waals surface area contributed by atoms with Gasteiger partial charge in [0.25, 0.3) is 0 Å². The molecule has 2 N–H and O–H groups in total. The second-order valence-corrected chi connectivity index (χ2v) is 3.99. The highest BCUT2D eigenvalue weighted by Gasteiger charge is 2.10. The lowest BCUT2D eigenvalue weighted by Crippen LogP contribution is -2.06. The average molecular weight is 216 g/mol. The first kappa shape index (κ1) is 10.9. The van der Waals surface area contributed by atoms with Crippen LogP contribution in [0.15, 0.2) is 24.3 Å². The lowest BCUT2D eigenvalue weighted by Gasteiger charge is -2.12. The zero-order chi connectivity index (χ0) is 11.7. The number of methoxy groups -OCH3 is 1. The molecule has 0 amide bonds. The molecule has 3 heteroatoms. The molecular formula is C13H16N2O. The van der Waals surface area contributed by atoms with E-state index in [-0.39, 0.29) is 6.04 Å². The fourth-order valence-electron chi connectivity index (χ4n) is 1.87. The van der Waals surface area contributed by atoms with Gasteiger partial charge in [-0.05, 0) is 31.5 Å². The Labute approximate surface area is 95.2 Å². The molecule has 84 valence electrons. The molecule has 1 heterocycles. The number of hydrogen-bond donors (Lipinski definition) is 1. The number of ether oxygens (including phenoxy) is 1. The second-order valence-electron chi connectivity index (χ2n) is 3.99. The minimum atomic E-state index is -0.00193. The molecule has 0 aliphatic rings. The SMILES string of the molecule is COc1ccc(C(C)N)c2ccc(C)nc12. The van der Waals surface area contributed by atoms with Gasteiger partial charge in [-0.1, -0.05) is 12.1 Å². The van der Waals surface area contributed by atoms with E-state index in [0.717, 1.165) is 27.9 Å². The van der Waals surface area contributed by atoms with Crippen molar-refractivity contribution in [2.45, 2.75) is 19.9 Å². The molecule has 0 aliphatic heterocycles. The van der Waals surface area contributed by atoms with Crippen molar-refractivity contribution in [3.05, 3.63) is 35.5 Å². The zero-order valence-electron chi connectivity index (χ0n) is 9.82. The highest BCUT2D eigenvalue weighted by Crippen LogP contribution is 2.29. The van der Waals surface area contributed by atoms with Crippen LogP contribution in [-0.2, 0) is 0 Å². The predicted octanol–water partition coefficient (Wildman–Crippen LogP) is 2.57. The van der Waals surface area contributed by atoms with Crippen LogP contribution in [0, 0.1) is 6.92 Å². The predicted molar refractivity (Wildman–Crippen MR) is 65.6 cm³/mol. The van der Waals surface area contributed by atoms with E-state index in [1.54, 1.807) is 7.11 Å². The number of fused-ring (bicyclic) bond motifs is 1. The summed E-state index contributed by atoms with van der Waals surface area (Å²) in [7, 11) is 1.66. The molecular weight excluding hydrogens is 200 g/mol. The molecule has 2 aromatic rings. The molecule has 0 radical (unpaired) electrons. The van der Waals surface area contributed by atoms with Gasteiger partial charge in [0.1, 0.15) is 11.3 Å². The van der Waals surface area contributed by atoms with Crippen LogP contribution in [0.1, 0.15) is 24.2 Å². The number of rotatable bonds is 2. The largest absolute Gasteiger partial charge is 0.494 e. The van der Waals surface area contributed by atoms with Crippen molar-refractivity contribution in [2.24, 2.45) is 5.73 Å². The van der Waals surface area contributed by atoms with E-state index >= 15 is 0 Å². The standard InChI is InChI=1S/C13H16N2O/c1-8-4-5-11-10(9(2)14)6-7-12(16-3)13(11)15-8/h4-7,9H,14H2,1-3H3. The van der Waals surface area contributed by atoms with Crippen LogP contribution in [0.25, 0.3) is 10.9 Å². The van der Waals surface area contributed by atoms with Crippen LogP contribution in [0.4, 0.5) is 0 Å². The highest BCUT2D eigenvalue weighted by atomic mass is 16.5. The van der Waals surface area contributed by atoms with E-state index in [9.17, 15) is 0 Å². The van der Waals surface area contributed by atoms with Crippen molar-refractivity contribution >= 4 is 10.9 Å². The minimum Gasteiger partial charge on any atom is -0.494 e. The molecule has 1 aromatic heterocycles. The third-order valence-electron chi connectivity index (χ3n) is 2.70. The first-order chi connectivity index (χ1) is 7.63. The molecule has 1 unspecified atom stereocenters. The smallest absolute Gasteiger partial charge is 0.145 e. The Morgan fingerprint density at radius 3 is 2.62 bits per heavy atom. The molecule has 3 nitrogen and oxygen atoms in total. The number of aryl methyl sites for hydroxylation is 1. The summed E-state index contributed by atoms with van der Waals surface area (Å²) < 4.78 is 5.31. The van der Waals surface area contributed by atoms with Crippen molar-refractivity contribution in [3.63, 3.8) is 0 Å². The van der Waals surface area contributed by atoms with Gasteiger partial charge in [-0.15, -0.1) is 0 Å². The van der Waals surface area contributed by atoms with Gasteiger partial charge < -0.3 is 10.5 Å². The summed E-state index contributed by atoms with van der Waals surface area (Å²) in [5.74, 6) is 0.795. The quantitative estimate of drug-likeness (QED) is 0.839. The Bertz CT molecular complexity index is 521. The number of pyridine rings is 1. The Hall–Kier alpha value is -1.61. The number of aromatic nitrogens is 1. The third-order valence-corrected chi connectivity index (χ3v) is 2.70. The Balaban J connectivity index is 2.80. The fourth-order valence-corrected chi connectivity index (χ4v) is 1.87. The van der Waals surface area contributed by atoms with Crippen molar-refractivity contribution in [3.8, 4) is 5.75 Å². The summed E-state index contributed by atoms with van der Waals surface area (Å²) in [6.45, 7) is 3.94. The first-order valence-electron chi connectivity index (χ1n) is 5.33. The molecule has 1 aromatic carbocycles. The van der Waals surface area contributed by atoms with Gasteiger partial charge in [0.15, 0.2) is 0 Å². The summed E-state index contributed by atoms with van der Waals surface area (Å²) >= 11 is 0. The van der Waals surface area contributed by atoms with Gasteiger partial charge >= 0.3 is 0 Å². The van der Waals surface area contributed by atoms with Crippen LogP contribution < -0.4 is 10.5 Å². The molecule has 2 rings (SSSR count). The van der Waals surface area contributed by atoms with Gasteiger partial charge in [-0.2, -0.15) is 0 Å². The van der Waals surface area contributed by atoms with Crippen LogP contribution >= 0.6 is 0 Å². The summed E-state index contributed by atoms with van der Waals surface area (Å²) in [6.07, 6.45) is 0. The molecule has 0 spiro atoms. The lowest BCUT2D eigenvalue weighted by molar-refractivity contribution is 0.418. The molecule has 16 heavy (non-hydrogen) atoms. The minimum absolute atomic E-state index is 0.00193. The van der Waals surface area contributed by atoms with E-state index in [1.807, 2.05) is 32.0 Å². The van der Waals surface area contributed by atoms with Crippen molar-refractivity contribution in [2.75, 3.05) is 7.11 Å². The molecule has 0 aliphatic carbocycles. The molecule has 0 fully saturated rings. The fraction of sp³-hybridized carbons (Fsp3) is 0.308. The lowest BCUT2D eigenvalue weighted by atomic mass is 10.0. The van der Waals surface area contributed by atoms with Gasteiger partial charge in [-0.25, -0.2) is 4.98 Å². The normalized spacial score (nSPS) is 12.8. The molecule has 0 bridgehead atoms. The third kappa shape index (κ3) is 1.74. The number of nitrogens with zero attached hydrogens (tertiary/aromatic N) is 1. The van der Waals surface area contributed by atoms with Gasteiger partial charge in [0.05, 0.1) is 7.11 Å². The van der Waals surface area contributed by atoms with Gasteiger partial charge in [0.2, 0.25) is 0 Å². The average Bonchev–Trinajstić information content (AvgIpc) is 2.27. The summed E-state index contributed by atoms with van der Waals surface area (Å²) in [4.78, 5) is 4.51. The maximum atomic E-state index is 5.94. The summed E-state index contributed by atoms with van der Waals surface area (Å²) in [5, 5.41) is 1.07. The number of benzene rings is 1. The van der Waals surface area contributed by atoms with Gasteiger partial charge in [0, 0.05) is 17.1 Å². The van der Waals surface area contributed by atoms with E-state index < -0.39 is 0 Å². The van der Waals surface area contributed by atoms with E-state index in [0.29, 0.717) is 0 Å². The van der Waals surface area contributed by atoms with Crippen molar-refractivity contribution in [1.29, 1.82) is 0 Å². The summed E-state index contributed by atoms with van der Waals surface area (Å²) in [5.41, 5.74) is 8.91. The van der Waals surface area contributed by atoms with Crippen LogP contribution in [0.5, 0.6) is 5.75 Å². The van der Waals surface area contributed by atoms with Crippen LogP contribution in [-0.4, -0.2) is 12.1 Å². The van der Waals surface area contributed by atoms with Crippen molar-refractivity contribution in [1.82, 2.24) is 4.98 Å². The Morgan fingerprint density at radius 1 is 1.25 bits per heavy atom. The number of hydrogen-bond acceptors (Lipinski definition) is 3. The van der Waals surface area contributed by atoms with E-state index in [4.69, 9.17) is 10.5 Å². The van der Waals surface area contributed by atoms with E-state index in [2.05, 4.69) is 11.1 Å². The second kappa shape index (κ2) is 4.10. The van der Waals surface area contributed by atoms with Crippen molar-refractivity contribution < 1.29 is 4.74 Å². The van der Waals surface area contributed by atoms with Crippen LogP contribution in [0.3, 0.4) is 0 Å². The maximum Gasteiger partial charge on any atom is 0.145 e. The molecule has 0 saturated heterocycles. The number of nitrogens with two attached hydrogens (primary N) is 1. The zero-order valence-corrected chi connectivity index (χ0v) is 9.82. The van der Waals surface area contributed by atoms with E-state index in [1.165, 1.54) is 0 Å². The molecule has 0 saturated carbocycles. The van der Waals surface area contributed by atoms with Gasteiger partial charge in [-0.3, -0.25) is 0 Å². The Kier molecular flexibility index (Phi) is 2.79. The summed E-state index contributed by atoms with van der Waals surface area (Å²) in [6, 6.07) is 7.97. The Morgan fingerprint density at radius 2 is 2.00 bits per heavy atom.